The maximum absolute atomic E-state index is 5.82. The molecule has 1 aromatic heterocycles. The summed E-state index contributed by atoms with van der Waals surface area (Å²) in [5.41, 5.74) is 6.82. The van der Waals surface area contributed by atoms with Gasteiger partial charge in [-0.1, -0.05) is 23.4 Å². The molecule has 1 heterocycles. The molecule has 0 fully saturated rings. The van der Waals surface area contributed by atoms with E-state index in [1.165, 1.54) is 0 Å². The predicted molar refractivity (Wildman–Crippen MR) is 68.9 cm³/mol. The van der Waals surface area contributed by atoms with Crippen LogP contribution in [0.2, 0.25) is 0 Å². The summed E-state index contributed by atoms with van der Waals surface area (Å²) < 4.78 is 15.3. The van der Waals surface area contributed by atoms with E-state index in [1.807, 2.05) is 24.3 Å². The van der Waals surface area contributed by atoms with Crippen LogP contribution in [0.5, 0.6) is 5.75 Å². The summed E-state index contributed by atoms with van der Waals surface area (Å²) in [6.07, 6.45) is 0.535. The van der Waals surface area contributed by atoms with E-state index in [9.17, 15) is 0 Å². The summed E-state index contributed by atoms with van der Waals surface area (Å²) >= 11 is 0. The molecule has 0 spiro atoms. The van der Waals surface area contributed by atoms with Gasteiger partial charge < -0.3 is 19.7 Å². The molecule has 2 rings (SSSR count). The third-order valence-corrected chi connectivity index (χ3v) is 2.69. The van der Waals surface area contributed by atoms with E-state index in [4.69, 9.17) is 19.7 Å². The van der Waals surface area contributed by atoms with Gasteiger partial charge in [-0.2, -0.15) is 4.98 Å². The minimum atomic E-state index is -0.399. The van der Waals surface area contributed by atoms with Crippen molar-refractivity contribution < 1.29 is 14.0 Å². The molecule has 0 saturated heterocycles. The van der Waals surface area contributed by atoms with Crippen LogP contribution < -0.4 is 10.5 Å². The van der Waals surface area contributed by atoms with Crippen molar-refractivity contribution in [2.45, 2.75) is 12.5 Å². The number of hydrogen-bond acceptors (Lipinski definition) is 6. The zero-order chi connectivity index (χ0) is 13.7. The summed E-state index contributed by atoms with van der Waals surface area (Å²) in [6, 6.07) is 7.31. The van der Waals surface area contributed by atoms with Gasteiger partial charge in [0.25, 0.3) is 0 Å². The van der Waals surface area contributed by atoms with E-state index in [-0.39, 0.29) is 0 Å². The topological polar surface area (TPSA) is 83.4 Å². The first-order valence-electron chi connectivity index (χ1n) is 5.93. The second-order valence-electron chi connectivity index (χ2n) is 4.10. The molecule has 0 bridgehead atoms. The highest BCUT2D eigenvalue weighted by atomic mass is 16.5. The Kier molecular flexibility index (Phi) is 4.48. The number of aromatic nitrogens is 2. The third-order valence-electron chi connectivity index (χ3n) is 2.69. The fourth-order valence-corrected chi connectivity index (χ4v) is 1.76. The Hall–Kier alpha value is -1.92. The highest BCUT2D eigenvalue weighted by molar-refractivity contribution is 5.35. The lowest BCUT2D eigenvalue weighted by atomic mass is 10.1. The third kappa shape index (κ3) is 3.30. The Balaban J connectivity index is 2.11. The van der Waals surface area contributed by atoms with Gasteiger partial charge in [0.1, 0.15) is 11.8 Å². The molecule has 0 aliphatic rings. The van der Waals surface area contributed by atoms with Gasteiger partial charge in [0, 0.05) is 19.1 Å². The lowest BCUT2D eigenvalue weighted by Crippen LogP contribution is -2.16. The largest absolute Gasteiger partial charge is 0.496 e. The maximum atomic E-state index is 5.82. The number of nitrogens with zero attached hydrogens (tertiary/aromatic N) is 2. The van der Waals surface area contributed by atoms with Crippen molar-refractivity contribution in [1.29, 1.82) is 0 Å². The smallest absolute Gasteiger partial charge is 0.245 e. The van der Waals surface area contributed by atoms with Crippen LogP contribution >= 0.6 is 0 Å². The molecule has 0 saturated carbocycles. The van der Waals surface area contributed by atoms with E-state index in [1.54, 1.807) is 14.2 Å². The number of methoxy groups -OCH3 is 2. The van der Waals surface area contributed by atoms with Gasteiger partial charge in [-0.05, 0) is 6.07 Å². The number of hydrogen-bond donors (Lipinski definition) is 1. The monoisotopic (exact) mass is 263 g/mol. The molecule has 6 nitrogen and oxygen atoms in total. The molecule has 19 heavy (non-hydrogen) atoms. The molecule has 1 aromatic carbocycles. The van der Waals surface area contributed by atoms with Crippen molar-refractivity contribution in [2.24, 2.45) is 5.73 Å². The van der Waals surface area contributed by atoms with Crippen molar-refractivity contribution in [3.05, 3.63) is 41.5 Å². The first-order valence-corrected chi connectivity index (χ1v) is 5.93. The molecule has 2 N–H and O–H groups in total. The van der Waals surface area contributed by atoms with Crippen LogP contribution in [0.1, 0.15) is 23.3 Å². The number of nitrogens with two attached hydrogens (primary N) is 1. The average Bonchev–Trinajstić information content (AvgIpc) is 2.88. The number of para-hydroxylation sites is 1. The lowest BCUT2D eigenvalue weighted by molar-refractivity contribution is 0.166. The summed E-state index contributed by atoms with van der Waals surface area (Å²) in [7, 11) is 3.21. The van der Waals surface area contributed by atoms with E-state index in [2.05, 4.69) is 10.1 Å². The van der Waals surface area contributed by atoms with Crippen LogP contribution in [0.15, 0.2) is 28.8 Å². The molecule has 0 amide bonds. The summed E-state index contributed by atoms with van der Waals surface area (Å²) in [5, 5.41) is 3.91. The highest BCUT2D eigenvalue weighted by Crippen LogP contribution is 2.20. The lowest BCUT2D eigenvalue weighted by Gasteiger charge is -2.05. The van der Waals surface area contributed by atoms with Gasteiger partial charge in [0.15, 0.2) is 5.82 Å². The maximum Gasteiger partial charge on any atom is 0.245 e. The number of benzene rings is 1. The number of ether oxygens (including phenoxy) is 2. The van der Waals surface area contributed by atoms with E-state index >= 15 is 0 Å². The van der Waals surface area contributed by atoms with Gasteiger partial charge in [0.2, 0.25) is 5.89 Å². The second-order valence-corrected chi connectivity index (χ2v) is 4.10. The first kappa shape index (κ1) is 13.5. The molecule has 2 aromatic rings. The van der Waals surface area contributed by atoms with Gasteiger partial charge in [-0.15, -0.1) is 0 Å². The highest BCUT2D eigenvalue weighted by Gasteiger charge is 2.15. The molecule has 6 heteroatoms. The predicted octanol–water partition coefficient (Wildman–Crippen LogP) is 1.32. The Morgan fingerprint density at radius 1 is 1.32 bits per heavy atom. The molecule has 0 radical (unpaired) electrons. The van der Waals surface area contributed by atoms with Crippen molar-refractivity contribution in [3.8, 4) is 5.75 Å². The molecular formula is C13H17N3O3. The standard InChI is InChI=1S/C13H17N3O3/c1-17-8-10(14)13-15-12(16-19-13)7-9-5-3-4-6-11(9)18-2/h3-6,10H,7-8,14H2,1-2H3. The van der Waals surface area contributed by atoms with E-state index in [0.29, 0.717) is 24.7 Å². The molecule has 0 aliphatic heterocycles. The van der Waals surface area contributed by atoms with Crippen LogP contribution in [0.3, 0.4) is 0 Å². The molecule has 1 atom stereocenters. The number of rotatable bonds is 6. The van der Waals surface area contributed by atoms with Crippen LogP contribution in [0, 0.1) is 0 Å². The van der Waals surface area contributed by atoms with E-state index in [0.717, 1.165) is 11.3 Å². The average molecular weight is 263 g/mol. The minimum absolute atomic E-state index is 0.344. The van der Waals surface area contributed by atoms with Crippen LogP contribution in [0.4, 0.5) is 0 Å². The van der Waals surface area contributed by atoms with Gasteiger partial charge >= 0.3 is 0 Å². The van der Waals surface area contributed by atoms with Crippen molar-refractivity contribution >= 4 is 0 Å². The Morgan fingerprint density at radius 2 is 2.11 bits per heavy atom. The molecular weight excluding hydrogens is 246 g/mol. The van der Waals surface area contributed by atoms with E-state index < -0.39 is 6.04 Å². The fraction of sp³-hybridized carbons (Fsp3) is 0.385. The van der Waals surface area contributed by atoms with Gasteiger partial charge in [-0.3, -0.25) is 0 Å². The summed E-state index contributed by atoms with van der Waals surface area (Å²) in [6.45, 7) is 0.344. The van der Waals surface area contributed by atoms with Crippen molar-refractivity contribution in [1.82, 2.24) is 10.1 Å². The second kappa shape index (κ2) is 6.31. The van der Waals surface area contributed by atoms with Crippen molar-refractivity contribution in [2.75, 3.05) is 20.8 Å². The van der Waals surface area contributed by atoms with Gasteiger partial charge in [0.05, 0.1) is 13.7 Å². The first-order chi connectivity index (χ1) is 9.24. The van der Waals surface area contributed by atoms with Crippen LogP contribution in [-0.2, 0) is 11.2 Å². The SMILES string of the molecule is COCC(N)c1nc(Cc2ccccc2OC)no1. The van der Waals surface area contributed by atoms with Crippen molar-refractivity contribution in [3.63, 3.8) is 0 Å². The summed E-state index contributed by atoms with van der Waals surface area (Å²) in [5.74, 6) is 1.76. The Labute approximate surface area is 111 Å². The molecule has 0 aliphatic carbocycles. The molecule has 102 valence electrons. The Bertz CT molecular complexity index is 527. The zero-order valence-electron chi connectivity index (χ0n) is 11.0. The Morgan fingerprint density at radius 3 is 2.84 bits per heavy atom. The van der Waals surface area contributed by atoms with Crippen LogP contribution in [-0.4, -0.2) is 31.0 Å². The summed E-state index contributed by atoms with van der Waals surface area (Å²) in [4.78, 5) is 4.26. The van der Waals surface area contributed by atoms with Crippen LogP contribution in [0.25, 0.3) is 0 Å². The zero-order valence-corrected chi connectivity index (χ0v) is 11.0. The fourth-order valence-electron chi connectivity index (χ4n) is 1.76. The quantitative estimate of drug-likeness (QED) is 0.846. The normalized spacial score (nSPS) is 12.4. The molecule has 1 unspecified atom stereocenters. The minimum Gasteiger partial charge on any atom is -0.496 e. The van der Waals surface area contributed by atoms with Gasteiger partial charge in [-0.25, -0.2) is 0 Å².